The third-order valence-corrected chi connectivity index (χ3v) is 6.11. The summed E-state index contributed by atoms with van der Waals surface area (Å²) in [6.07, 6.45) is 8.45. The number of carbonyl (C=O) groups is 1. The monoisotopic (exact) mass is 401 g/mol. The summed E-state index contributed by atoms with van der Waals surface area (Å²) in [5.41, 5.74) is 0.938. The zero-order chi connectivity index (χ0) is 19.3. The number of oxazole rings is 1. The molecule has 150 valence electrons. The van der Waals surface area contributed by atoms with Gasteiger partial charge < -0.3 is 9.32 Å². The molecule has 2 aromatic rings. The predicted octanol–water partition coefficient (Wildman–Crippen LogP) is 4.61. The molecule has 4 rings (SSSR count). The standard InChI is InChI=1S/C22H28ClN3O2/c23-19-7-5-6-18(14-19)20-15-24-21(28-20)16-25-12-8-17(9-13-25)22(27)26-10-3-1-2-4-11-26/h5-7,14-15,17H,1-4,8-13,16H2. The summed E-state index contributed by atoms with van der Waals surface area (Å²) in [5.74, 6) is 2.01. The molecule has 0 saturated carbocycles. The maximum Gasteiger partial charge on any atom is 0.225 e. The first-order valence-corrected chi connectivity index (χ1v) is 10.8. The van der Waals surface area contributed by atoms with Gasteiger partial charge >= 0.3 is 0 Å². The minimum Gasteiger partial charge on any atom is -0.439 e. The van der Waals surface area contributed by atoms with Gasteiger partial charge in [-0.1, -0.05) is 36.6 Å². The van der Waals surface area contributed by atoms with Gasteiger partial charge in [-0.05, 0) is 50.9 Å². The molecule has 0 N–H and O–H groups in total. The van der Waals surface area contributed by atoms with E-state index in [9.17, 15) is 4.79 Å². The van der Waals surface area contributed by atoms with Gasteiger partial charge in [0, 0.05) is 29.6 Å². The zero-order valence-electron chi connectivity index (χ0n) is 16.3. The van der Waals surface area contributed by atoms with Crippen molar-refractivity contribution in [3.63, 3.8) is 0 Å². The number of hydrogen-bond donors (Lipinski definition) is 0. The van der Waals surface area contributed by atoms with Crippen LogP contribution < -0.4 is 0 Å². The van der Waals surface area contributed by atoms with Crippen molar-refractivity contribution in [1.82, 2.24) is 14.8 Å². The Labute approximate surface area is 171 Å². The average molecular weight is 402 g/mol. The fraction of sp³-hybridized carbons (Fsp3) is 0.545. The van der Waals surface area contributed by atoms with Gasteiger partial charge in [0.1, 0.15) is 0 Å². The van der Waals surface area contributed by atoms with Crippen molar-refractivity contribution in [2.75, 3.05) is 26.2 Å². The van der Waals surface area contributed by atoms with Crippen molar-refractivity contribution < 1.29 is 9.21 Å². The van der Waals surface area contributed by atoms with Crippen LogP contribution in [0.4, 0.5) is 0 Å². The molecule has 28 heavy (non-hydrogen) atoms. The smallest absolute Gasteiger partial charge is 0.225 e. The van der Waals surface area contributed by atoms with Gasteiger partial charge in [0.25, 0.3) is 0 Å². The molecular weight excluding hydrogens is 374 g/mol. The fourth-order valence-electron chi connectivity index (χ4n) is 4.24. The molecule has 0 aliphatic carbocycles. The number of amides is 1. The number of carbonyl (C=O) groups excluding carboxylic acids is 1. The Morgan fingerprint density at radius 1 is 1.11 bits per heavy atom. The van der Waals surface area contributed by atoms with Gasteiger partial charge in [0.05, 0.1) is 12.7 Å². The van der Waals surface area contributed by atoms with Crippen LogP contribution in [-0.4, -0.2) is 46.9 Å². The Morgan fingerprint density at radius 3 is 2.57 bits per heavy atom. The van der Waals surface area contributed by atoms with Gasteiger partial charge in [0.2, 0.25) is 11.8 Å². The van der Waals surface area contributed by atoms with E-state index in [0.717, 1.165) is 63.2 Å². The number of rotatable bonds is 4. The molecule has 5 nitrogen and oxygen atoms in total. The van der Waals surface area contributed by atoms with Crippen LogP contribution in [-0.2, 0) is 11.3 Å². The molecule has 2 saturated heterocycles. The lowest BCUT2D eigenvalue weighted by Crippen LogP contribution is -2.42. The third-order valence-electron chi connectivity index (χ3n) is 5.88. The van der Waals surface area contributed by atoms with Gasteiger partial charge in [-0.15, -0.1) is 0 Å². The van der Waals surface area contributed by atoms with Crippen LogP contribution in [0.3, 0.4) is 0 Å². The Balaban J connectivity index is 1.29. The summed E-state index contributed by atoms with van der Waals surface area (Å²) in [5, 5.41) is 0.687. The zero-order valence-corrected chi connectivity index (χ0v) is 17.0. The van der Waals surface area contributed by atoms with E-state index in [0.29, 0.717) is 23.4 Å². The highest BCUT2D eigenvalue weighted by atomic mass is 35.5. The quantitative estimate of drug-likeness (QED) is 0.750. The maximum absolute atomic E-state index is 12.8. The first-order valence-electron chi connectivity index (χ1n) is 10.4. The molecule has 1 amide bonds. The van der Waals surface area contributed by atoms with Crippen LogP contribution in [0.25, 0.3) is 11.3 Å². The lowest BCUT2D eigenvalue weighted by atomic mass is 9.95. The molecule has 0 atom stereocenters. The van der Waals surface area contributed by atoms with E-state index in [4.69, 9.17) is 16.0 Å². The van der Waals surface area contributed by atoms with E-state index >= 15 is 0 Å². The van der Waals surface area contributed by atoms with Crippen molar-refractivity contribution in [3.05, 3.63) is 41.4 Å². The Bertz CT molecular complexity index is 791. The van der Waals surface area contributed by atoms with Crippen LogP contribution >= 0.6 is 11.6 Å². The summed E-state index contributed by atoms with van der Waals surface area (Å²) in [6.45, 7) is 4.41. The normalized spacial score (nSPS) is 19.5. The highest BCUT2D eigenvalue weighted by molar-refractivity contribution is 6.30. The number of piperidine rings is 1. The van der Waals surface area contributed by atoms with Crippen molar-refractivity contribution in [2.24, 2.45) is 5.92 Å². The molecule has 1 aromatic carbocycles. The Hall–Kier alpha value is -1.85. The third kappa shape index (κ3) is 4.76. The van der Waals surface area contributed by atoms with E-state index in [1.807, 2.05) is 24.3 Å². The summed E-state index contributed by atoms with van der Waals surface area (Å²) in [6, 6.07) is 7.60. The first kappa shape index (κ1) is 19.5. The lowest BCUT2D eigenvalue weighted by Gasteiger charge is -2.33. The molecule has 3 heterocycles. The molecule has 6 heteroatoms. The second-order valence-corrected chi connectivity index (χ2v) is 8.35. The van der Waals surface area contributed by atoms with Crippen molar-refractivity contribution >= 4 is 17.5 Å². The minimum absolute atomic E-state index is 0.181. The molecule has 1 aromatic heterocycles. The van der Waals surface area contributed by atoms with Crippen molar-refractivity contribution in [2.45, 2.75) is 45.1 Å². The Morgan fingerprint density at radius 2 is 1.86 bits per heavy atom. The topological polar surface area (TPSA) is 49.6 Å². The van der Waals surface area contributed by atoms with Crippen LogP contribution in [0.15, 0.2) is 34.9 Å². The van der Waals surface area contributed by atoms with Gasteiger partial charge in [-0.2, -0.15) is 0 Å². The van der Waals surface area contributed by atoms with Crippen molar-refractivity contribution in [1.29, 1.82) is 0 Å². The maximum atomic E-state index is 12.8. The van der Waals surface area contributed by atoms with E-state index in [2.05, 4.69) is 14.8 Å². The van der Waals surface area contributed by atoms with E-state index < -0.39 is 0 Å². The second-order valence-electron chi connectivity index (χ2n) is 7.92. The molecule has 0 spiro atoms. The molecule has 0 radical (unpaired) electrons. The summed E-state index contributed by atoms with van der Waals surface area (Å²) >= 11 is 6.06. The highest BCUT2D eigenvalue weighted by Crippen LogP contribution is 2.26. The van der Waals surface area contributed by atoms with E-state index in [1.54, 1.807) is 6.20 Å². The lowest BCUT2D eigenvalue weighted by molar-refractivity contribution is -0.137. The second kappa shape index (κ2) is 9.10. The summed E-state index contributed by atoms with van der Waals surface area (Å²) in [7, 11) is 0. The molecule has 0 bridgehead atoms. The van der Waals surface area contributed by atoms with E-state index in [-0.39, 0.29) is 5.92 Å². The fourth-order valence-corrected chi connectivity index (χ4v) is 4.43. The molecule has 2 aliphatic heterocycles. The molecule has 2 aliphatic rings. The number of halogens is 1. The minimum atomic E-state index is 0.181. The van der Waals surface area contributed by atoms with Crippen LogP contribution in [0.2, 0.25) is 5.02 Å². The predicted molar refractivity (Wildman–Crippen MR) is 110 cm³/mol. The van der Waals surface area contributed by atoms with Crippen LogP contribution in [0, 0.1) is 5.92 Å². The average Bonchev–Trinajstić information content (AvgIpc) is 3.00. The number of benzene rings is 1. The molecule has 2 fully saturated rings. The van der Waals surface area contributed by atoms with E-state index in [1.165, 1.54) is 12.8 Å². The number of nitrogens with zero attached hydrogens (tertiary/aromatic N) is 3. The number of aromatic nitrogens is 1. The summed E-state index contributed by atoms with van der Waals surface area (Å²) in [4.78, 5) is 21.7. The summed E-state index contributed by atoms with van der Waals surface area (Å²) < 4.78 is 5.92. The SMILES string of the molecule is O=C(C1CCN(Cc2ncc(-c3cccc(Cl)c3)o2)CC1)N1CCCCCC1. The van der Waals surface area contributed by atoms with Crippen molar-refractivity contribution in [3.8, 4) is 11.3 Å². The van der Waals surface area contributed by atoms with Crippen LogP contribution in [0.5, 0.6) is 0 Å². The van der Waals surface area contributed by atoms with Gasteiger partial charge in [-0.3, -0.25) is 9.69 Å². The van der Waals surface area contributed by atoms with Gasteiger partial charge in [-0.25, -0.2) is 4.98 Å². The molecular formula is C22H28ClN3O2. The van der Waals surface area contributed by atoms with Gasteiger partial charge in [0.15, 0.2) is 5.76 Å². The highest BCUT2D eigenvalue weighted by Gasteiger charge is 2.29. The van der Waals surface area contributed by atoms with Crippen LogP contribution in [0.1, 0.15) is 44.4 Å². The Kier molecular flexibility index (Phi) is 6.33. The largest absolute Gasteiger partial charge is 0.439 e. The first-order chi connectivity index (χ1) is 13.7. The number of likely N-dealkylation sites (tertiary alicyclic amines) is 2. The molecule has 0 unspecified atom stereocenters. The number of hydrogen-bond acceptors (Lipinski definition) is 4.